The van der Waals surface area contributed by atoms with Crippen molar-refractivity contribution < 1.29 is 4.74 Å². The predicted octanol–water partition coefficient (Wildman–Crippen LogP) is 3.41. The van der Waals surface area contributed by atoms with Gasteiger partial charge in [-0.2, -0.15) is 5.26 Å². The largest absolute Gasteiger partial charge is 0.497 e. The maximum atomic E-state index is 9.09. The molecule has 0 spiro atoms. The van der Waals surface area contributed by atoms with E-state index in [2.05, 4.69) is 16.0 Å². The lowest BCUT2D eigenvalue weighted by Gasteiger charge is -2.02. The highest BCUT2D eigenvalue weighted by atomic mass is 16.5. The van der Waals surface area contributed by atoms with Crippen LogP contribution >= 0.6 is 0 Å². The molecule has 2 rings (SSSR count). The Morgan fingerprint density at radius 1 is 1.37 bits per heavy atom. The number of aryl methyl sites for hydroxylation is 1. The van der Waals surface area contributed by atoms with E-state index < -0.39 is 0 Å². The Labute approximate surface area is 113 Å². The van der Waals surface area contributed by atoms with Crippen LogP contribution in [0.4, 0.5) is 0 Å². The maximum Gasteiger partial charge on any atom is 0.124 e. The van der Waals surface area contributed by atoms with Gasteiger partial charge in [0.1, 0.15) is 17.5 Å². The molecule has 1 unspecified atom stereocenters. The summed E-state index contributed by atoms with van der Waals surface area (Å²) >= 11 is 0. The van der Waals surface area contributed by atoms with Crippen LogP contribution in [0.5, 0.6) is 5.75 Å². The SMILES string of the molecule is CCC(C#N)c1nc(-c2ccc(OC)cc2)c(C)[nH]1. The second-order valence-electron chi connectivity index (χ2n) is 4.41. The summed E-state index contributed by atoms with van der Waals surface area (Å²) in [5.41, 5.74) is 2.90. The van der Waals surface area contributed by atoms with Gasteiger partial charge < -0.3 is 9.72 Å². The molecule has 0 saturated carbocycles. The van der Waals surface area contributed by atoms with Crippen LogP contribution in [0.2, 0.25) is 0 Å². The third-order valence-corrected chi connectivity index (χ3v) is 3.16. The number of aromatic nitrogens is 2. The van der Waals surface area contributed by atoms with Crippen LogP contribution in [0.1, 0.15) is 30.8 Å². The first kappa shape index (κ1) is 13.2. The van der Waals surface area contributed by atoms with E-state index >= 15 is 0 Å². The highest BCUT2D eigenvalue weighted by molar-refractivity contribution is 5.63. The standard InChI is InChI=1S/C15H17N3O/c1-4-11(9-16)15-17-10(2)14(18-15)12-5-7-13(19-3)8-6-12/h5-8,11H,4H2,1-3H3,(H,17,18). The number of rotatable bonds is 4. The molecule has 0 aliphatic rings. The summed E-state index contributed by atoms with van der Waals surface area (Å²) in [6.45, 7) is 3.96. The fraction of sp³-hybridized carbons (Fsp3) is 0.333. The first-order valence-corrected chi connectivity index (χ1v) is 6.30. The van der Waals surface area contributed by atoms with Crippen LogP contribution in [0.3, 0.4) is 0 Å². The van der Waals surface area contributed by atoms with E-state index in [-0.39, 0.29) is 5.92 Å². The van der Waals surface area contributed by atoms with Gasteiger partial charge in [-0.15, -0.1) is 0 Å². The molecule has 19 heavy (non-hydrogen) atoms. The zero-order valence-corrected chi connectivity index (χ0v) is 11.4. The summed E-state index contributed by atoms with van der Waals surface area (Å²) in [6.07, 6.45) is 0.755. The van der Waals surface area contributed by atoms with Crippen LogP contribution in [0.25, 0.3) is 11.3 Å². The van der Waals surface area contributed by atoms with Crippen LogP contribution in [-0.4, -0.2) is 17.1 Å². The van der Waals surface area contributed by atoms with Crippen molar-refractivity contribution in [1.29, 1.82) is 5.26 Å². The predicted molar refractivity (Wildman–Crippen MR) is 74.0 cm³/mol. The molecule has 0 amide bonds. The van der Waals surface area contributed by atoms with Gasteiger partial charge >= 0.3 is 0 Å². The molecule has 1 aromatic carbocycles. The van der Waals surface area contributed by atoms with E-state index in [4.69, 9.17) is 10.00 Å². The van der Waals surface area contributed by atoms with E-state index in [1.165, 1.54) is 0 Å². The van der Waals surface area contributed by atoms with E-state index in [0.717, 1.165) is 34.9 Å². The van der Waals surface area contributed by atoms with Gasteiger partial charge in [0.05, 0.1) is 18.9 Å². The number of aromatic amines is 1. The van der Waals surface area contributed by atoms with Gasteiger partial charge in [-0.25, -0.2) is 4.98 Å². The number of methoxy groups -OCH3 is 1. The van der Waals surface area contributed by atoms with Gasteiger partial charge in [0, 0.05) is 11.3 Å². The van der Waals surface area contributed by atoms with Crippen LogP contribution in [-0.2, 0) is 0 Å². The second kappa shape index (κ2) is 5.57. The Morgan fingerprint density at radius 2 is 2.05 bits per heavy atom. The lowest BCUT2D eigenvalue weighted by atomic mass is 10.1. The topological polar surface area (TPSA) is 61.7 Å². The smallest absolute Gasteiger partial charge is 0.124 e. The Morgan fingerprint density at radius 3 is 2.58 bits per heavy atom. The third-order valence-electron chi connectivity index (χ3n) is 3.16. The number of nitrogens with zero attached hydrogens (tertiary/aromatic N) is 2. The summed E-state index contributed by atoms with van der Waals surface area (Å²) in [4.78, 5) is 7.77. The Bertz CT molecular complexity index is 593. The molecule has 4 heteroatoms. The van der Waals surface area contributed by atoms with Crippen molar-refractivity contribution in [2.45, 2.75) is 26.2 Å². The lowest BCUT2D eigenvalue weighted by molar-refractivity contribution is 0.415. The summed E-state index contributed by atoms with van der Waals surface area (Å²) < 4.78 is 5.14. The Hall–Kier alpha value is -2.28. The maximum absolute atomic E-state index is 9.09. The van der Waals surface area contributed by atoms with Crippen LogP contribution in [0.15, 0.2) is 24.3 Å². The number of imidazole rings is 1. The Balaban J connectivity index is 2.37. The Kier molecular flexibility index (Phi) is 3.86. The monoisotopic (exact) mass is 255 g/mol. The van der Waals surface area contributed by atoms with Gasteiger partial charge in [-0.05, 0) is 37.6 Å². The van der Waals surface area contributed by atoms with Gasteiger partial charge in [0.2, 0.25) is 0 Å². The molecule has 1 N–H and O–H groups in total. The lowest BCUT2D eigenvalue weighted by Crippen LogP contribution is -1.96. The van der Waals surface area contributed by atoms with E-state index in [9.17, 15) is 0 Å². The summed E-state index contributed by atoms with van der Waals surface area (Å²) in [5, 5.41) is 9.09. The first-order valence-electron chi connectivity index (χ1n) is 6.30. The molecule has 2 aromatic rings. The minimum atomic E-state index is -0.175. The number of ether oxygens (including phenoxy) is 1. The molecule has 0 aliphatic heterocycles. The van der Waals surface area contributed by atoms with Gasteiger partial charge in [0.25, 0.3) is 0 Å². The molecule has 1 heterocycles. The molecule has 1 atom stereocenters. The molecule has 98 valence electrons. The second-order valence-corrected chi connectivity index (χ2v) is 4.41. The van der Waals surface area contributed by atoms with Crippen molar-refractivity contribution in [3.05, 3.63) is 35.8 Å². The highest BCUT2D eigenvalue weighted by Crippen LogP contribution is 2.26. The van der Waals surface area contributed by atoms with Gasteiger partial charge in [-0.1, -0.05) is 6.92 Å². The van der Waals surface area contributed by atoms with E-state index in [1.807, 2.05) is 38.1 Å². The van der Waals surface area contributed by atoms with Gasteiger partial charge in [0.15, 0.2) is 0 Å². The molecule has 1 aromatic heterocycles. The average molecular weight is 255 g/mol. The number of hydrogen-bond donors (Lipinski definition) is 1. The molecular weight excluding hydrogens is 238 g/mol. The molecule has 4 nitrogen and oxygen atoms in total. The molecule has 0 bridgehead atoms. The van der Waals surface area contributed by atoms with E-state index in [0.29, 0.717) is 0 Å². The van der Waals surface area contributed by atoms with E-state index in [1.54, 1.807) is 7.11 Å². The number of nitrogens with one attached hydrogen (secondary N) is 1. The number of H-pyrrole nitrogens is 1. The highest BCUT2D eigenvalue weighted by Gasteiger charge is 2.15. The minimum Gasteiger partial charge on any atom is -0.497 e. The van der Waals surface area contributed by atoms with Crippen molar-refractivity contribution in [2.24, 2.45) is 0 Å². The summed E-state index contributed by atoms with van der Waals surface area (Å²) in [5.74, 6) is 1.39. The average Bonchev–Trinajstić information content (AvgIpc) is 2.82. The van der Waals surface area contributed by atoms with Crippen molar-refractivity contribution in [1.82, 2.24) is 9.97 Å². The normalized spacial score (nSPS) is 11.9. The molecule has 0 fully saturated rings. The van der Waals surface area contributed by atoms with Gasteiger partial charge in [-0.3, -0.25) is 0 Å². The quantitative estimate of drug-likeness (QED) is 0.910. The number of benzene rings is 1. The number of nitriles is 1. The van der Waals surface area contributed by atoms with Crippen molar-refractivity contribution in [3.63, 3.8) is 0 Å². The van der Waals surface area contributed by atoms with Crippen molar-refractivity contribution >= 4 is 0 Å². The fourth-order valence-electron chi connectivity index (χ4n) is 2.02. The summed E-state index contributed by atoms with van der Waals surface area (Å²) in [6, 6.07) is 10.0. The first-order chi connectivity index (χ1) is 9.19. The summed E-state index contributed by atoms with van der Waals surface area (Å²) in [7, 11) is 1.64. The minimum absolute atomic E-state index is 0.175. The van der Waals surface area contributed by atoms with Crippen LogP contribution < -0.4 is 4.74 Å². The zero-order valence-electron chi connectivity index (χ0n) is 11.4. The zero-order chi connectivity index (χ0) is 13.8. The number of hydrogen-bond acceptors (Lipinski definition) is 3. The third kappa shape index (κ3) is 2.60. The molecule has 0 radical (unpaired) electrons. The van der Waals surface area contributed by atoms with Crippen LogP contribution in [0, 0.1) is 18.3 Å². The van der Waals surface area contributed by atoms with Crippen molar-refractivity contribution in [3.8, 4) is 23.1 Å². The van der Waals surface area contributed by atoms with Crippen molar-refractivity contribution in [2.75, 3.05) is 7.11 Å². The fourth-order valence-corrected chi connectivity index (χ4v) is 2.02. The molecule has 0 saturated heterocycles. The molecule has 0 aliphatic carbocycles. The molecular formula is C15H17N3O.